The molecule has 1 aromatic carbocycles. The smallest absolute Gasteiger partial charge is 0.225 e. The van der Waals surface area contributed by atoms with Crippen molar-refractivity contribution < 1.29 is 4.79 Å². The van der Waals surface area contributed by atoms with Gasteiger partial charge >= 0.3 is 0 Å². The fourth-order valence-electron chi connectivity index (χ4n) is 2.41. The molecule has 1 aliphatic rings. The number of nitrogens with zero attached hydrogens (tertiary/aromatic N) is 1. The van der Waals surface area contributed by atoms with Crippen LogP contribution in [0.4, 0.5) is 11.4 Å². The largest absolute Gasteiger partial charge is 0.399 e. The number of rotatable bonds is 4. The molecule has 18 heavy (non-hydrogen) atoms. The molecule has 1 saturated heterocycles. The van der Waals surface area contributed by atoms with E-state index in [-0.39, 0.29) is 5.91 Å². The van der Waals surface area contributed by atoms with Gasteiger partial charge < -0.3 is 16.0 Å². The van der Waals surface area contributed by atoms with Gasteiger partial charge in [-0.25, -0.2) is 0 Å². The lowest BCUT2D eigenvalue weighted by Gasteiger charge is -2.20. The van der Waals surface area contributed by atoms with Crippen molar-refractivity contribution in [2.75, 3.05) is 24.1 Å². The quantitative estimate of drug-likeness (QED) is 0.801. The van der Waals surface area contributed by atoms with Gasteiger partial charge in [-0.2, -0.15) is 0 Å². The summed E-state index contributed by atoms with van der Waals surface area (Å²) >= 11 is 0. The second-order valence-corrected chi connectivity index (χ2v) is 4.95. The Balaban J connectivity index is 1.78. The molecule has 0 aliphatic carbocycles. The molecule has 0 saturated carbocycles. The van der Waals surface area contributed by atoms with E-state index in [1.807, 2.05) is 18.2 Å². The van der Waals surface area contributed by atoms with Crippen molar-refractivity contribution in [3.8, 4) is 0 Å². The van der Waals surface area contributed by atoms with Crippen LogP contribution in [-0.4, -0.2) is 29.9 Å². The van der Waals surface area contributed by atoms with E-state index in [4.69, 9.17) is 5.73 Å². The topological polar surface area (TPSA) is 58.4 Å². The minimum atomic E-state index is 0.0553. The summed E-state index contributed by atoms with van der Waals surface area (Å²) in [5.41, 5.74) is 7.11. The molecule has 1 fully saturated rings. The Morgan fingerprint density at radius 1 is 1.56 bits per heavy atom. The fourth-order valence-corrected chi connectivity index (χ4v) is 2.41. The molecule has 0 aromatic heterocycles. The van der Waals surface area contributed by atoms with Gasteiger partial charge in [-0.1, -0.05) is 6.07 Å². The van der Waals surface area contributed by atoms with Gasteiger partial charge in [0.2, 0.25) is 5.91 Å². The zero-order chi connectivity index (χ0) is 13.0. The van der Waals surface area contributed by atoms with E-state index >= 15 is 0 Å². The SMILES string of the molecule is CC1CCCN1CCC(=O)Nc1cccc(N)c1. The Morgan fingerprint density at radius 3 is 3.06 bits per heavy atom. The van der Waals surface area contributed by atoms with Gasteiger partial charge in [0.1, 0.15) is 0 Å². The van der Waals surface area contributed by atoms with Gasteiger partial charge in [0, 0.05) is 30.4 Å². The highest BCUT2D eigenvalue weighted by molar-refractivity contribution is 5.91. The summed E-state index contributed by atoms with van der Waals surface area (Å²) in [5, 5.41) is 2.88. The van der Waals surface area contributed by atoms with Crippen LogP contribution >= 0.6 is 0 Å². The van der Waals surface area contributed by atoms with Crippen LogP contribution in [0, 0.1) is 0 Å². The van der Waals surface area contributed by atoms with E-state index in [2.05, 4.69) is 17.1 Å². The van der Waals surface area contributed by atoms with Crippen molar-refractivity contribution in [1.29, 1.82) is 0 Å². The average molecular weight is 247 g/mol. The van der Waals surface area contributed by atoms with Crippen molar-refractivity contribution in [1.82, 2.24) is 4.90 Å². The zero-order valence-electron chi connectivity index (χ0n) is 10.9. The number of likely N-dealkylation sites (tertiary alicyclic amines) is 1. The van der Waals surface area contributed by atoms with Gasteiger partial charge in [-0.3, -0.25) is 4.79 Å². The molecular formula is C14H21N3O. The number of amides is 1. The van der Waals surface area contributed by atoms with Gasteiger partial charge in [0.25, 0.3) is 0 Å². The molecule has 1 amide bonds. The Morgan fingerprint density at radius 2 is 2.39 bits per heavy atom. The molecule has 1 unspecified atom stereocenters. The van der Waals surface area contributed by atoms with Crippen molar-refractivity contribution in [3.63, 3.8) is 0 Å². The predicted molar refractivity (Wildman–Crippen MR) is 74.4 cm³/mol. The Labute approximate surface area is 108 Å². The summed E-state index contributed by atoms with van der Waals surface area (Å²) in [6, 6.07) is 7.89. The maximum absolute atomic E-state index is 11.8. The monoisotopic (exact) mass is 247 g/mol. The highest BCUT2D eigenvalue weighted by Crippen LogP contribution is 2.17. The molecule has 1 heterocycles. The third-order valence-corrected chi connectivity index (χ3v) is 3.49. The maximum Gasteiger partial charge on any atom is 0.225 e. The van der Waals surface area contributed by atoms with E-state index in [1.54, 1.807) is 6.07 Å². The van der Waals surface area contributed by atoms with E-state index in [0.717, 1.165) is 18.8 Å². The molecule has 0 spiro atoms. The number of nitrogens with one attached hydrogen (secondary N) is 1. The van der Waals surface area contributed by atoms with E-state index in [9.17, 15) is 4.79 Å². The number of carbonyl (C=O) groups excluding carboxylic acids is 1. The third-order valence-electron chi connectivity index (χ3n) is 3.49. The lowest BCUT2D eigenvalue weighted by molar-refractivity contribution is -0.116. The average Bonchev–Trinajstić information content (AvgIpc) is 2.72. The van der Waals surface area contributed by atoms with Crippen molar-refractivity contribution in [3.05, 3.63) is 24.3 Å². The first kappa shape index (κ1) is 12.9. The first-order valence-corrected chi connectivity index (χ1v) is 6.54. The number of anilines is 2. The third kappa shape index (κ3) is 3.47. The van der Waals surface area contributed by atoms with Crippen LogP contribution in [0.15, 0.2) is 24.3 Å². The van der Waals surface area contributed by atoms with Crippen molar-refractivity contribution in [2.45, 2.75) is 32.2 Å². The highest BCUT2D eigenvalue weighted by Gasteiger charge is 2.20. The van der Waals surface area contributed by atoms with Gasteiger partial charge in [-0.05, 0) is 44.5 Å². The number of hydrogen-bond acceptors (Lipinski definition) is 3. The molecule has 0 radical (unpaired) electrons. The Hall–Kier alpha value is -1.55. The molecule has 3 N–H and O–H groups in total. The molecule has 0 bridgehead atoms. The number of carbonyl (C=O) groups is 1. The molecular weight excluding hydrogens is 226 g/mol. The lowest BCUT2D eigenvalue weighted by atomic mass is 10.2. The summed E-state index contributed by atoms with van der Waals surface area (Å²) in [4.78, 5) is 14.2. The van der Waals surface area contributed by atoms with Gasteiger partial charge in [0.15, 0.2) is 0 Å². The van der Waals surface area contributed by atoms with E-state index in [0.29, 0.717) is 18.2 Å². The molecule has 98 valence electrons. The molecule has 2 rings (SSSR count). The minimum absolute atomic E-state index is 0.0553. The van der Waals surface area contributed by atoms with Crippen molar-refractivity contribution >= 4 is 17.3 Å². The molecule has 4 nitrogen and oxygen atoms in total. The van der Waals surface area contributed by atoms with Crippen LogP contribution in [0.1, 0.15) is 26.2 Å². The minimum Gasteiger partial charge on any atom is -0.399 e. The van der Waals surface area contributed by atoms with Crippen LogP contribution in [0.3, 0.4) is 0 Å². The Bertz CT molecular complexity index is 419. The zero-order valence-corrected chi connectivity index (χ0v) is 10.9. The van der Waals surface area contributed by atoms with Gasteiger partial charge in [-0.15, -0.1) is 0 Å². The van der Waals surface area contributed by atoms with Crippen LogP contribution in [0.25, 0.3) is 0 Å². The molecule has 1 aliphatic heterocycles. The van der Waals surface area contributed by atoms with Crippen LogP contribution < -0.4 is 11.1 Å². The number of nitrogens with two attached hydrogens (primary N) is 1. The highest BCUT2D eigenvalue weighted by atomic mass is 16.1. The lowest BCUT2D eigenvalue weighted by Crippen LogP contribution is -2.30. The van der Waals surface area contributed by atoms with Crippen LogP contribution in [0.2, 0.25) is 0 Å². The van der Waals surface area contributed by atoms with Crippen LogP contribution in [-0.2, 0) is 4.79 Å². The molecule has 4 heteroatoms. The fraction of sp³-hybridized carbons (Fsp3) is 0.500. The second kappa shape index (κ2) is 5.87. The summed E-state index contributed by atoms with van der Waals surface area (Å²) < 4.78 is 0. The first-order valence-electron chi connectivity index (χ1n) is 6.54. The normalized spacial score (nSPS) is 19.9. The summed E-state index contributed by atoms with van der Waals surface area (Å²) in [5.74, 6) is 0.0553. The molecule has 1 aromatic rings. The number of benzene rings is 1. The summed E-state index contributed by atoms with van der Waals surface area (Å²) in [6.07, 6.45) is 3.04. The maximum atomic E-state index is 11.8. The predicted octanol–water partition coefficient (Wildman–Crippen LogP) is 2.08. The Kier molecular flexibility index (Phi) is 4.20. The second-order valence-electron chi connectivity index (χ2n) is 4.95. The van der Waals surface area contributed by atoms with Gasteiger partial charge in [0.05, 0.1) is 0 Å². The number of hydrogen-bond donors (Lipinski definition) is 2. The standard InChI is InChI=1S/C14H21N3O/c1-11-4-3-8-17(11)9-7-14(18)16-13-6-2-5-12(15)10-13/h2,5-6,10-11H,3-4,7-9,15H2,1H3,(H,16,18). The van der Waals surface area contributed by atoms with E-state index < -0.39 is 0 Å². The molecule has 1 atom stereocenters. The summed E-state index contributed by atoms with van der Waals surface area (Å²) in [6.45, 7) is 4.19. The first-order chi connectivity index (χ1) is 8.65. The van der Waals surface area contributed by atoms with Crippen LogP contribution in [0.5, 0.6) is 0 Å². The van der Waals surface area contributed by atoms with E-state index in [1.165, 1.54) is 12.8 Å². The summed E-state index contributed by atoms with van der Waals surface area (Å²) in [7, 11) is 0. The number of nitrogen functional groups attached to an aromatic ring is 1. The van der Waals surface area contributed by atoms with Crippen molar-refractivity contribution in [2.24, 2.45) is 0 Å².